The quantitative estimate of drug-likeness (QED) is 0.574. The minimum absolute atomic E-state index is 0.0622. The Morgan fingerprint density at radius 3 is 1.94 bits per heavy atom. The molecule has 0 radical (unpaired) electrons. The first-order valence-corrected chi connectivity index (χ1v) is 12.4. The zero-order valence-electron chi connectivity index (χ0n) is 16.2. The summed E-state index contributed by atoms with van der Waals surface area (Å²) in [5, 5.41) is 0. The van der Waals surface area contributed by atoms with Crippen LogP contribution in [0.25, 0.3) is 6.08 Å². The highest BCUT2D eigenvalue weighted by atomic mass is 32.2. The Bertz CT molecular complexity index is 1370. The highest BCUT2D eigenvalue weighted by Gasteiger charge is 2.24. The molecule has 0 spiro atoms. The first kappa shape index (κ1) is 21.1. The molecule has 1 aliphatic carbocycles. The molecule has 1 aliphatic rings. The van der Waals surface area contributed by atoms with Gasteiger partial charge in [-0.3, -0.25) is 9.44 Å². The van der Waals surface area contributed by atoms with Crippen LogP contribution in [0.3, 0.4) is 0 Å². The second-order valence-corrected chi connectivity index (χ2v) is 10.4. The van der Waals surface area contributed by atoms with Crippen LogP contribution in [0, 0.1) is 5.82 Å². The standard InChI is InChI=1S/C22H19FN2O4S2/c23-18-10-13-19(14-11-18)30(26,27)24-21-7-3-4-8-22(21)25-31(28,29)20-12-9-16-5-1-2-6-17(16)15-20/h1-8,10-11,13-15,24-25H,9,12H2. The molecular formula is C22H19FN2O4S2. The summed E-state index contributed by atoms with van der Waals surface area (Å²) in [6.45, 7) is 0. The van der Waals surface area contributed by atoms with Gasteiger partial charge in [0.05, 0.1) is 21.2 Å². The lowest BCUT2D eigenvalue weighted by atomic mass is 9.98. The maximum atomic E-state index is 13.1. The average molecular weight is 459 g/mol. The van der Waals surface area contributed by atoms with Gasteiger partial charge in [-0.1, -0.05) is 36.4 Å². The minimum Gasteiger partial charge on any atom is -0.278 e. The summed E-state index contributed by atoms with van der Waals surface area (Å²) in [5.74, 6) is -0.561. The molecule has 0 aliphatic heterocycles. The molecule has 0 bridgehead atoms. The van der Waals surface area contributed by atoms with E-state index in [0.717, 1.165) is 35.4 Å². The van der Waals surface area contributed by atoms with Crippen molar-refractivity contribution < 1.29 is 21.2 Å². The zero-order valence-corrected chi connectivity index (χ0v) is 17.9. The number of halogens is 1. The Hall–Kier alpha value is -3.17. The third-order valence-corrected chi connectivity index (χ3v) is 7.78. The van der Waals surface area contributed by atoms with Crippen LogP contribution in [0.2, 0.25) is 0 Å². The summed E-state index contributed by atoms with van der Waals surface area (Å²) in [4.78, 5) is 0.0838. The van der Waals surface area contributed by atoms with Crippen LogP contribution in [0.5, 0.6) is 0 Å². The highest BCUT2D eigenvalue weighted by molar-refractivity contribution is 7.96. The van der Waals surface area contributed by atoms with Crippen LogP contribution >= 0.6 is 0 Å². The lowest BCUT2D eigenvalue weighted by Gasteiger charge is -2.19. The Kier molecular flexibility index (Phi) is 5.55. The largest absolute Gasteiger partial charge is 0.278 e. The van der Waals surface area contributed by atoms with E-state index < -0.39 is 25.9 Å². The first-order valence-electron chi connectivity index (χ1n) is 9.43. The molecule has 2 N–H and O–H groups in total. The number of anilines is 2. The van der Waals surface area contributed by atoms with E-state index in [4.69, 9.17) is 0 Å². The predicted octanol–water partition coefficient (Wildman–Crippen LogP) is 4.36. The van der Waals surface area contributed by atoms with E-state index in [9.17, 15) is 21.2 Å². The van der Waals surface area contributed by atoms with Gasteiger partial charge in [0.15, 0.2) is 0 Å². The molecule has 3 aromatic carbocycles. The topological polar surface area (TPSA) is 92.3 Å². The molecule has 0 aromatic heterocycles. The monoisotopic (exact) mass is 458 g/mol. The normalized spacial score (nSPS) is 13.8. The molecule has 0 atom stereocenters. The molecule has 0 unspecified atom stereocenters. The van der Waals surface area contributed by atoms with Crippen LogP contribution in [0.1, 0.15) is 17.5 Å². The summed E-state index contributed by atoms with van der Waals surface area (Å²) < 4.78 is 69.3. The van der Waals surface area contributed by atoms with E-state index in [0.29, 0.717) is 12.8 Å². The van der Waals surface area contributed by atoms with Gasteiger partial charge in [-0.05, 0) is 66.4 Å². The van der Waals surface area contributed by atoms with Crippen molar-refractivity contribution in [1.82, 2.24) is 0 Å². The summed E-state index contributed by atoms with van der Waals surface area (Å²) in [5.41, 5.74) is 2.08. The van der Waals surface area contributed by atoms with Crippen molar-refractivity contribution in [2.45, 2.75) is 17.7 Å². The van der Waals surface area contributed by atoms with Gasteiger partial charge in [-0.2, -0.15) is 0 Å². The van der Waals surface area contributed by atoms with E-state index in [2.05, 4.69) is 9.44 Å². The maximum Gasteiger partial charge on any atom is 0.261 e. The van der Waals surface area contributed by atoms with Gasteiger partial charge in [0, 0.05) is 0 Å². The lowest BCUT2D eigenvalue weighted by molar-refractivity contribution is 0.598. The van der Waals surface area contributed by atoms with Crippen molar-refractivity contribution in [3.8, 4) is 0 Å². The maximum absolute atomic E-state index is 13.1. The Labute approximate surface area is 180 Å². The molecule has 0 amide bonds. The van der Waals surface area contributed by atoms with E-state index in [1.165, 1.54) is 12.1 Å². The van der Waals surface area contributed by atoms with Gasteiger partial charge in [-0.25, -0.2) is 21.2 Å². The first-order chi connectivity index (χ1) is 14.7. The van der Waals surface area contributed by atoms with E-state index in [1.807, 2.05) is 24.3 Å². The van der Waals surface area contributed by atoms with Gasteiger partial charge >= 0.3 is 0 Å². The number of hydrogen-bond donors (Lipinski definition) is 2. The van der Waals surface area contributed by atoms with Gasteiger partial charge < -0.3 is 0 Å². The zero-order chi connectivity index (χ0) is 22.1. The summed E-state index contributed by atoms with van der Waals surface area (Å²) in [6.07, 6.45) is 2.57. The molecule has 9 heteroatoms. The SMILES string of the molecule is O=S(=O)(Nc1ccccc1NS(=O)(=O)c1ccc(F)cc1)C1=Cc2ccccc2CC1. The lowest BCUT2D eigenvalue weighted by Crippen LogP contribution is -2.19. The second-order valence-electron chi connectivity index (χ2n) is 7.02. The molecule has 31 heavy (non-hydrogen) atoms. The van der Waals surface area contributed by atoms with Gasteiger partial charge in [0.1, 0.15) is 5.82 Å². The Morgan fingerprint density at radius 1 is 0.677 bits per heavy atom. The average Bonchev–Trinajstić information content (AvgIpc) is 2.75. The molecule has 0 fully saturated rings. The van der Waals surface area contributed by atoms with Gasteiger partial charge in [-0.15, -0.1) is 0 Å². The van der Waals surface area contributed by atoms with Crippen molar-refractivity contribution in [3.05, 3.63) is 94.6 Å². The number of hydrogen-bond acceptors (Lipinski definition) is 4. The minimum atomic E-state index is -4.04. The molecule has 0 heterocycles. The van der Waals surface area contributed by atoms with Gasteiger partial charge in [0.2, 0.25) is 0 Å². The number of aryl methyl sites for hydroxylation is 1. The molecule has 160 valence electrons. The second kappa shape index (κ2) is 8.16. The predicted molar refractivity (Wildman–Crippen MR) is 119 cm³/mol. The van der Waals surface area contributed by atoms with Crippen LogP contribution in [-0.4, -0.2) is 16.8 Å². The number of benzene rings is 3. The van der Waals surface area contributed by atoms with Crippen LogP contribution in [0.15, 0.2) is 82.6 Å². The van der Waals surface area contributed by atoms with Crippen LogP contribution < -0.4 is 9.44 Å². The molecule has 6 nitrogen and oxygen atoms in total. The van der Waals surface area contributed by atoms with Crippen molar-refractivity contribution >= 4 is 37.5 Å². The Balaban J connectivity index is 1.62. The van der Waals surface area contributed by atoms with Crippen molar-refractivity contribution in [1.29, 1.82) is 0 Å². The van der Waals surface area contributed by atoms with Crippen molar-refractivity contribution in [2.24, 2.45) is 0 Å². The fraction of sp³-hybridized carbons (Fsp3) is 0.0909. The fourth-order valence-corrected chi connectivity index (χ4v) is 5.64. The number of nitrogens with one attached hydrogen (secondary N) is 2. The van der Waals surface area contributed by atoms with Crippen molar-refractivity contribution in [3.63, 3.8) is 0 Å². The summed E-state index contributed by atoms with van der Waals surface area (Å²) in [7, 11) is -7.94. The summed E-state index contributed by atoms with van der Waals surface area (Å²) in [6, 6.07) is 18.0. The van der Waals surface area contributed by atoms with E-state index in [1.54, 1.807) is 18.2 Å². The molecule has 4 rings (SSSR count). The third-order valence-electron chi connectivity index (χ3n) is 4.90. The van der Waals surface area contributed by atoms with Crippen molar-refractivity contribution in [2.75, 3.05) is 9.44 Å². The van der Waals surface area contributed by atoms with Crippen LogP contribution in [-0.2, 0) is 26.5 Å². The number of sulfonamides is 2. The van der Waals surface area contributed by atoms with Crippen LogP contribution in [0.4, 0.5) is 15.8 Å². The Morgan fingerprint density at radius 2 is 1.26 bits per heavy atom. The van der Waals surface area contributed by atoms with E-state index in [-0.39, 0.29) is 21.2 Å². The molecular weight excluding hydrogens is 439 g/mol. The fourth-order valence-electron chi connectivity index (χ4n) is 3.31. The molecule has 3 aromatic rings. The molecule has 0 saturated heterocycles. The van der Waals surface area contributed by atoms with E-state index >= 15 is 0 Å². The van der Waals surface area contributed by atoms with Gasteiger partial charge in [0.25, 0.3) is 20.0 Å². The third kappa shape index (κ3) is 4.62. The smallest absolute Gasteiger partial charge is 0.261 e. The molecule has 0 saturated carbocycles. The number of rotatable bonds is 6. The summed E-state index contributed by atoms with van der Waals surface area (Å²) >= 11 is 0. The number of para-hydroxylation sites is 2. The number of allylic oxidation sites excluding steroid dienone is 1. The highest BCUT2D eigenvalue weighted by Crippen LogP contribution is 2.31. The number of fused-ring (bicyclic) bond motifs is 1.